The van der Waals surface area contributed by atoms with Gasteiger partial charge in [0.05, 0.1) is 11.9 Å². The van der Waals surface area contributed by atoms with Crippen LogP contribution in [0.4, 0.5) is 5.82 Å². The maximum atomic E-state index is 12.1. The van der Waals surface area contributed by atoms with Crippen LogP contribution in [0, 0.1) is 0 Å². The van der Waals surface area contributed by atoms with Crippen LogP contribution in [-0.4, -0.2) is 60.8 Å². The number of nitrogens with two attached hydrogens (primary N) is 1. The summed E-state index contributed by atoms with van der Waals surface area (Å²) < 4.78 is 27.8. The lowest BCUT2D eigenvalue weighted by molar-refractivity contribution is 0.0386. The number of anilines is 1. The lowest BCUT2D eigenvalue weighted by Crippen LogP contribution is -2.47. The van der Waals surface area contributed by atoms with Crippen molar-refractivity contribution in [1.82, 2.24) is 19.2 Å². The van der Waals surface area contributed by atoms with Gasteiger partial charge in [-0.15, -0.1) is 0 Å². The lowest BCUT2D eigenvalue weighted by atomic mass is 10.1. The van der Waals surface area contributed by atoms with Crippen molar-refractivity contribution in [2.45, 2.75) is 17.6 Å². The third kappa shape index (κ3) is 4.16. The third-order valence-corrected chi connectivity index (χ3v) is 3.99. The Balaban J connectivity index is 2.83. The van der Waals surface area contributed by atoms with E-state index in [1.165, 1.54) is 17.9 Å². The van der Waals surface area contributed by atoms with Crippen molar-refractivity contribution in [3.8, 4) is 0 Å². The quantitative estimate of drug-likeness (QED) is 0.593. The second-order valence-corrected chi connectivity index (χ2v) is 6.79. The number of sulfonamides is 1. The molecule has 0 amide bonds. The van der Waals surface area contributed by atoms with E-state index in [4.69, 9.17) is 5.73 Å². The van der Waals surface area contributed by atoms with Crippen molar-refractivity contribution >= 4 is 15.8 Å². The molecule has 110 valence electrons. The lowest BCUT2D eigenvalue weighted by Gasteiger charge is -2.27. The van der Waals surface area contributed by atoms with Crippen LogP contribution in [0.2, 0.25) is 0 Å². The Morgan fingerprint density at radius 1 is 1.58 bits per heavy atom. The summed E-state index contributed by atoms with van der Waals surface area (Å²) in [5, 5.41) is 9.96. The van der Waals surface area contributed by atoms with Gasteiger partial charge in [0, 0.05) is 20.1 Å². The molecular weight excluding hydrogens is 270 g/mol. The van der Waals surface area contributed by atoms with Gasteiger partial charge in [0.2, 0.25) is 0 Å². The van der Waals surface area contributed by atoms with Gasteiger partial charge in [0.25, 0.3) is 10.0 Å². The van der Waals surface area contributed by atoms with Crippen molar-refractivity contribution in [2.24, 2.45) is 7.05 Å². The van der Waals surface area contributed by atoms with Crippen LogP contribution in [0.3, 0.4) is 0 Å². The molecule has 0 aliphatic rings. The fraction of sp³-hybridized carbons (Fsp3) is 0.700. The average molecular weight is 291 g/mol. The van der Waals surface area contributed by atoms with Gasteiger partial charge in [-0.2, -0.15) is 0 Å². The molecule has 19 heavy (non-hydrogen) atoms. The summed E-state index contributed by atoms with van der Waals surface area (Å²) in [7, 11) is 1.32. The predicted molar refractivity (Wildman–Crippen MR) is 72.0 cm³/mol. The SMILES string of the molecule is CN(C)CC(C)(O)CNS(=O)(=O)c1c(N)ncn1C. The van der Waals surface area contributed by atoms with Crippen LogP contribution in [0.15, 0.2) is 11.4 Å². The third-order valence-electron chi connectivity index (χ3n) is 2.46. The summed E-state index contributed by atoms with van der Waals surface area (Å²) in [5.41, 5.74) is 4.35. The molecule has 0 aliphatic carbocycles. The summed E-state index contributed by atoms with van der Waals surface area (Å²) >= 11 is 0. The van der Waals surface area contributed by atoms with Gasteiger partial charge < -0.3 is 20.3 Å². The zero-order valence-corrected chi connectivity index (χ0v) is 12.4. The van der Waals surface area contributed by atoms with Gasteiger partial charge in [-0.05, 0) is 21.0 Å². The number of nitrogens with zero attached hydrogens (tertiary/aromatic N) is 3. The molecule has 0 aromatic carbocycles. The number of hydrogen-bond acceptors (Lipinski definition) is 6. The monoisotopic (exact) mass is 291 g/mol. The number of aliphatic hydroxyl groups is 1. The number of aromatic nitrogens is 2. The standard InChI is InChI=1S/C10H21N5O3S/c1-10(16,6-14(2)3)5-13-19(17,18)9-8(11)12-7-15(9)4/h7,13,16H,5-6,11H2,1-4H3. The predicted octanol–water partition coefficient (Wildman–Crippen LogP) is -1.41. The first-order valence-corrected chi connectivity index (χ1v) is 7.17. The van der Waals surface area contributed by atoms with Crippen LogP contribution in [0.1, 0.15) is 6.92 Å². The van der Waals surface area contributed by atoms with Crippen LogP contribution in [0.5, 0.6) is 0 Å². The Hall–Kier alpha value is -1.16. The highest BCUT2D eigenvalue weighted by atomic mass is 32.2. The Morgan fingerprint density at radius 2 is 2.16 bits per heavy atom. The van der Waals surface area contributed by atoms with Gasteiger partial charge in [0.15, 0.2) is 10.8 Å². The fourth-order valence-corrected chi connectivity index (χ4v) is 3.21. The van der Waals surface area contributed by atoms with Crippen LogP contribution < -0.4 is 10.5 Å². The van der Waals surface area contributed by atoms with Crippen molar-refractivity contribution < 1.29 is 13.5 Å². The highest BCUT2D eigenvalue weighted by Crippen LogP contribution is 2.15. The zero-order valence-electron chi connectivity index (χ0n) is 11.6. The van der Waals surface area contributed by atoms with E-state index < -0.39 is 15.6 Å². The van der Waals surface area contributed by atoms with E-state index in [1.54, 1.807) is 25.9 Å². The van der Waals surface area contributed by atoms with E-state index in [2.05, 4.69) is 9.71 Å². The molecule has 9 heteroatoms. The minimum Gasteiger partial charge on any atom is -0.387 e. The van der Waals surface area contributed by atoms with E-state index in [0.717, 1.165) is 0 Å². The molecule has 1 unspecified atom stereocenters. The molecule has 0 fully saturated rings. The second kappa shape index (κ2) is 5.45. The molecule has 0 saturated heterocycles. The number of aryl methyl sites for hydroxylation is 1. The maximum absolute atomic E-state index is 12.1. The van der Waals surface area contributed by atoms with E-state index in [1.807, 2.05) is 0 Å². The van der Waals surface area contributed by atoms with Crippen molar-refractivity contribution in [3.63, 3.8) is 0 Å². The molecule has 1 heterocycles. The van der Waals surface area contributed by atoms with Crippen molar-refractivity contribution in [1.29, 1.82) is 0 Å². The van der Waals surface area contributed by atoms with Crippen LogP contribution in [-0.2, 0) is 17.1 Å². The summed E-state index contributed by atoms with van der Waals surface area (Å²) in [6.07, 6.45) is 1.32. The van der Waals surface area contributed by atoms with Gasteiger partial charge in [-0.25, -0.2) is 18.1 Å². The smallest absolute Gasteiger partial charge is 0.260 e. The number of imidazole rings is 1. The minimum absolute atomic E-state index is 0.0674. The van der Waals surface area contributed by atoms with Crippen molar-refractivity contribution in [3.05, 3.63) is 6.33 Å². The minimum atomic E-state index is -3.80. The average Bonchev–Trinajstić information content (AvgIpc) is 2.55. The van der Waals surface area contributed by atoms with Gasteiger partial charge in [-0.3, -0.25) is 0 Å². The van der Waals surface area contributed by atoms with Gasteiger partial charge in [-0.1, -0.05) is 0 Å². The van der Waals surface area contributed by atoms with E-state index in [-0.39, 0.29) is 17.4 Å². The highest BCUT2D eigenvalue weighted by molar-refractivity contribution is 7.89. The molecule has 0 aliphatic heterocycles. The fourth-order valence-electron chi connectivity index (χ4n) is 1.82. The molecule has 1 atom stereocenters. The zero-order chi connectivity index (χ0) is 14.8. The molecule has 1 aromatic heterocycles. The van der Waals surface area contributed by atoms with Crippen LogP contribution >= 0.6 is 0 Å². The molecule has 0 saturated carbocycles. The molecule has 0 radical (unpaired) electrons. The first-order chi connectivity index (χ1) is 8.55. The van der Waals surface area contributed by atoms with Gasteiger partial charge >= 0.3 is 0 Å². The van der Waals surface area contributed by atoms with Crippen molar-refractivity contribution in [2.75, 3.05) is 32.9 Å². The number of nitrogen functional groups attached to an aromatic ring is 1. The Labute approximate surface area is 113 Å². The Bertz CT molecular complexity index is 516. The number of nitrogens with one attached hydrogen (secondary N) is 1. The summed E-state index contributed by atoms with van der Waals surface area (Å²) in [6, 6.07) is 0. The van der Waals surface area contributed by atoms with E-state index in [0.29, 0.717) is 6.54 Å². The largest absolute Gasteiger partial charge is 0.387 e. The Morgan fingerprint density at radius 3 is 2.58 bits per heavy atom. The number of likely N-dealkylation sites (N-methyl/N-ethyl adjacent to an activating group) is 1. The summed E-state index contributed by atoms with van der Waals surface area (Å²) in [6.45, 7) is 1.77. The molecular formula is C10H21N5O3S. The number of rotatable bonds is 6. The second-order valence-electron chi connectivity index (χ2n) is 5.11. The van der Waals surface area contributed by atoms with Crippen LogP contribution in [0.25, 0.3) is 0 Å². The van der Waals surface area contributed by atoms with E-state index in [9.17, 15) is 13.5 Å². The molecule has 1 aromatic rings. The first kappa shape index (κ1) is 15.9. The summed E-state index contributed by atoms with van der Waals surface area (Å²) in [5.74, 6) is -0.0674. The Kier molecular flexibility index (Phi) is 4.56. The normalized spacial score (nSPS) is 15.7. The molecule has 8 nitrogen and oxygen atoms in total. The molecule has 0 bridgehead atoms. The topological polar surface area (TPSA) is 113 Å². The highest BCUT2D eigenvalue weighted by Gasteiger charge is 2.27. The van der Waals surface area contributed by atoms with E-state index >= 15 is 0 Å². The maximum Gasteiger partial charge on any atom is 0.260 e. The molecule has 1 rings (SSSR count). The summed E-state index contributed by atoms with van der Waals surface area (Å²) in [4.78, 5) is 5.50. The molecule has 4 N–H and O–H groups in total. The molecule has 0 spiro atoms. The van der Waals surface area contributed by atoms with Gasteiger partial charge in [0.1, 0.15) is 0 Å². The number of hydrogen-bond donors (Lipinski definition) is 3. The first-order valence-electron chi connectivity index (χ1n) is 5.69.